The molecule has 1 heterocycles. The summed E-state index contributed by atoms with van der Waals surface area (Å²) in [5.74, 6) is -10.5. The third-order valence-corrected chi connectivity index (χ3v) is 6.39. The van der Waals surface area contributed by atoms with Crippen LogP contribution < -0.4 is 10.6 Å². The number of halogens is 6. The molecule has 13 heteroatoms. The molecule has 2 amide bonds. The van der Waals surface area contributed by atoms with Gasteiger partial charge < -0.3 is 20.7 Å². The number of hydrogen-bond acceptors (Lipinski definition) is 3. The molecule has 7 nitrogen and oxygen atoms in total. The summed E-state index contributed by atoms with van der Waals surface area (Å²) in [7, 11) is 0. The standard InChI is InChI=1S/C24H30F6N4O3/c1-22(2,26)11-31-20(35)14(10-23(3,27)28)13-4-5-15-18(16(13)25)33-19(32-15)17(34-21(36)37)12-6-8-24(29,30)9-7-12/h4-5,12,14,17,34H,6-11H2,1-3H3,(H,31,35)(H,32,33)(H,36,37)/t14-,17-/m0/s1. The molecule has 1 aromatic carbocycles. The first-order valence-electron chi connectivity index (χ1n) is 11.9. The summed E-state index contributed by atoms with van der Waals surface area (Å²) >= 11 is 0. The number of H-pyrrole nitrogens is 1. The van der Waals surface area contributed by atoms with Crippen molar-refractivity contribution in [2.24, 2.45) is 5.92 Å². The van der Waals surface area contributed by atoms with Crippen molar-refractivity contribution in [1.29, 1.82) is 0 Å². The quantitative estimate of drug-likeness (QED) is 0.303. The van der Waals surface area contributed by atoms with Gasteiger partial charge in [0.05, 0.1) is 24.0 Å². The number of nitrogens with one attached hydrogen (secondary N) is 3. The van der Waals surface area contributed by atoms with Crippen LogP contribution in [0.3, 0.4) is 0 Å². The van der Waals surface area contributed by atoms with Crippen molar-refractivity contribution in [2.45, 2.75) is 82.3 Å². The van der Waals surface area contributed by atoms with Gasteiger partial charge in [0.2, 0.25) is 17.8 Å². The molecular formula is C24H30F6N4O3. The molecule has 1 fully saturated rings. The van der Waals surface area contributed by atoms with Crippen LogP contribution in [0.5, 0.6) is 0 Å². The number of amides is 2. The predicted molar refractivity (Wildman–Crippen MR) is 123 cm³/mol. The van der Waals surface area contributed by atoms with Crippen molar-refractivity contribution >= 4 is 23.0 Å². The van der Waals surface area contributed by atoms with Crippen molar-refractivity contribution < 1.29 is 41.0 Å². The average molecular weight is 537 g/mol. The van der Waals surface area contributed by atoms with Crippen LogP contribution in [-0.2, 0) is 4.79 Å². The van der Waals surface area contributed by atoms with Gasteiger partial charge in [-0.15, -0.1) is 0 Å². The molecule has 3 rings (SSSR count). The Balaban J connectivity index is 1.98. The molecule has 37 heavy (non-hydrogen) atoms. The van der Waals surface area contributed by atoms with Crippen LogP contribution in [0.2, 0.25) is 0 Å². The highest BCUT2D eigenvalue weighted by Gasteiger charge is 2.40. The zero-order valence-corrected chi connectivity index (χ0v) is 20.6. The normalized spacial score (nSPS) is 18.4. The Kier molecular flexibility index (Phi) is 8.04. The van der Waals surface area contributed by atoms with Crippen molar-refractivity contribution in [1.82, 2.24) is 20.6 Å². The van der Waals surface area contributed by atoms with Gasteiger partial charge in [0.15, 0.2) is 5.82 Å². The summed E-state index contributed by atoms with van der Waals surface area (Å²) < 4.78 is 84.6. The van der Waals surface area contributed by atoms with Crippen molar-refractivity contribution in [3.63, 3.8) is 0 Å². The SMILES string of the molecule is CC(C)(F)CNC(=O)[C@@H](CC(C)(F)F)c1ccc2[nH]c([C@@H](NC(=O)O)C3CCC(F)(F)CC3)nc2c1F. The van der Waals surface area contributed by atoms with Crippen LogP contribution in [0.4, 0.5) is 31.1 Å². The molecule has 4 N–H and O–H groups in total. The summed E-state index contributed by atoms with van der Waals surface area (Å²) in [6.45, 7) is 2.47. The van der Waals surface area contributed by atoms with E-state index in [1.165, 1.54) is 19.9 Å². The molecule has 206 valence electrons. The largest absolute Gasteiger partial charge is 0.465 e. The zero-order valence-electron chi connectivity index (χ0n) is 20.6. The van der Waals surface area contributed by atoms with Crippen molar-refractivity contribution in [2.75, 3.05) is 6.54 Å². The van der Waals surface area contributed by atoms with Gasteiger partial charge in [-0.25, -0.2) is 36.1 Å². The van der Waals surface area contributed by atoms with Gasteiger partial charge in [-0.3, -0.25) is 4.79 Å². The molecule has 1 aromatic heterocycles. The fourth-order valence-corrected chi connectivity index (χ4v) is 4.55. The van der Waals surface area contributed by atoms with Crippen LogP contribution in [-0.4, -0.2) is 51.1 Å². The highest BCUT2D eigenvalue weighted by molar-refractivity contribution is 5.86. The number of aromatic nitrogens is 2. The second kappa shape index (κ2) is 10.4. The molecule has 0 saturated heterocycles. The van der Waals surface area contributed by atoms with Gasteiger partial charge in [-0.1, -0.05) is 6.07 Å². The van der Waals surface area contributed by atoms with Gasteiger partial charge in [-0.2, -0.15) is 0 Å². The van der Waals surface area contributed by atoms with E-state index in [0.29, 0.717) is 6.92 Å². The lowest BCUT2D eigenvalue weighted by atomic mass is 9.82. The topological polar surface area (TPSA) is 107 Å². The highest BCUT2D eigenvalue weighted by atomic mass is 19.3. The number of fused-ring (bicyclic) bond motifs is 1. The molecule has 1 saturated carbocycles. The average Bonchev–Trinajstić information content (AvgIpc) is 3.19. The number of nitrogens with zero attached hydrogens (tertiary/aromatic N) is 1. The highest BCUT2D eigenvalue weighted by Crippen LogP contribution is 2.41. The van der Waals surface area contributed by atoms with E-state index in [1.54, 1.807) is 0 Å². The monoisotopic (exact) mass is 536 g/mol. The molecule has 1 aliphatic rings. The number of carbonyl (C=O) groups excluding carboxylic acids is 1. The molecule has 0 aliphatic heterocycles. The minimum atomic E-state index is -3.36. The Bertz CT molecular complexity index is 1130. The number of imidazole rings is 1. The first-order valence-corrected chi connectivity index (χ1v) is 11.9. The lowest BCUT2D eigenvalue weighted by Crippen LogP contribution is -2.39. The molecule has 0 spiro atoms. The summed E-state index contributed by atoms with van der Waals surface area (Å²) in [5, 5.41) is 13.8. The number of carboxylic acid groups (broad SMARTS) is 1. The molecule has 0 bridgehead atoms. The molecule has 2 aromatic rings. The van der Waals surface area contributed by atoms with E-state index >= 15 is 4.39 Å². The molecule has 1 aliphatic carbocycles. The Labute approximate surface area is 209 Å². The smallest absolute Gasteiger partial charge is 0.405 e. The molecule has 2 atom stereocenters. The van der Waals surface area contributed by atoms with E-state index < -0.39 is 79.0 Å². The van der Waals surface area contributed by atoms with Gasteiger partial charge in [-0.05, 0) is 45.6 Å². The van der Waals surface area contributed by atoms with E-state index in [0.717, 1.165) is 6.07 Å². The van der Waals surface area contributed by atoms with Crippen LogP contribution in [0.15, 0.2) is 12.1 Å². The maximum Gasteiger partial charge on any atom is 0.405 e. The number of alkyl halides is 5. The van der Waals surface area contributed by atoms with Gasteiger partial charge in [0.1, 0.15) is 17.0 Å². The minimum Gasteiger partial charge on any atom is -0.465 e. The summed E-state index contributed by atoms with van der Waals surface area (Å²) in [6.07, 6.45) is -3.35. The molecular weight excluding hydrogens is 506 g/mol. The second-order valence-corrected chi connectivity index (χ2v) is 10.4. The third-order valence-electron chi connectivity index (χ3n) is 6.39. The van der Waals surface area contributed by atoms with E-state index in [-0.39, 0.29) is 35.3 Å². The number of rotatable bonds is 9. The van der Waals surface area contributed by atoms with E-state index in [4.69, 9.17) is 0 Å². The Morgan fingerprint density at radius 2 is 1.81 bits per heavy atom. The lowest BCUT2D eigenvalue weighted by molar-refractivity contribution is -0.125. The van der Waals surface area contributed by atoms with E-state index in [9.17, 15) is 36.6 Å². The first kappa shape index (κ1) is 28.6. The number of benzene rings is 1. The third kappa shape index (κ3) is 7.51. The summed E-state index contributed by atoms with van der Waals surface area (Å²) in [5.41, 5.74) is -2.44. The number of hydrogen-bond donors (Lipinski definition) is 4. The van der Waals surface area contributed by atoms with Crippen LogP contribution in [0.1, 0.15) is 76.2 Å². The van der Waals surface area contributed by atoms with Crippen LogP contribution >= 0.6 is 0 Å². The van der Waals surface area contributed by atoms with Crippen molar-refractivity contribution in [3.8, 4) is 0 Å². The molecule has 0 unspecified atom stereocenters. The summed E-state index contributed by atoms with van der Waals surface area (Å²) in [6, 6.07) is 1.40. The second-order valence-electron chi connectivity index (χ2n) is 10.4. The Morgan fingerprint density at radius 1 is 1.19 bits per heavy atom. The minimum absolute atomic E-state index is 0.00146. The number of aromatic amines is 1. The zero-order chi connectivity index (χ0) is 27.8. The van der Waals surface area contributed by atoms with Crippen molar-refractivity contribution in [3.05, 3.63) is 29.3 Å². The van der Waals surface area contributed by atoms with Crippen LogP contribution in [0.25, 0.3) is 11.0 Å². The lowest BCUT2D eigenvalue weighted by Gasteiger charge is -2.32. The van der Waals surface area contributed by atoms with E-state index in [1.807, 2.05) is 0 Å². The molecule has 0 radical (unpaired) electrons. The maximum atomic E-state index is 15.6. The first-order chi connectivity index (χ1) is 17.0. The van der Waals surface area contributed by atoms with Gasteiger partial charge >= 0.3 is 6.09 Å². The van der Waals surface area contributed by atoms with Crippen LogP contribution in [0, 0.1) is 11.7 Å². The maximum absolute atomic E-state index is 15.6. The van der Waals surface area contributed by atoms with Gasteiger partial charge in [0.25, 0.3) is 0 Å². The fraction of sp³-hybridized carbons (Fsp3) is 0.625. The Hall–Kier alpha value is -2.99. The fourth-order valence-electron chi connectivity index (χ4n) is 4.55. The summed E-state index contributed by atoms with van der Waals surface area (Å²) in [4.78, 5) is 31.0. The Morgan fingerprint density at radius 3 is 2.35 bits per heavy atom. The number of carbonyl (C=O) groups is 2. The van der Waals surface area contributed by atoms with E-state index in [2.05, 4.69) is 20.6 Å². The van der Waals surface area contributed by atoms with Gasteiger partial charge in [0, 0.05) is 24.8 Å². The predicted octanol–water partition coefficient (Wildman–Crippen LogP) is 5.83.